The molecule has 2 aromatic carbocycles. The monoisotopic (exact) mass is 584 g/mol. The van der Waals surface area contributed by atoms with Gasteiger partial charge in [-0.15, -0.1) is 0 Å². The fourth-order valence-electron chi connectivity index (χ4n) is 6.11. The molecule has 5 rings (SSSR count). The SMILES string of the molecule is O=C(Nc1ccc(F)c(F)c1)c1ccc(Cl)c(S(=O)(=O)C2CC3CCC(C2)C3(O)C(O)CN2CCOC2=O)c1. The van der Waals surface area contributed by atoms with E-state index in [1.54, 1.807) is 0 Å². The quantitative estimate of drug-likeness (QED) is 0.454. The smallest absolute Gasteiger partial charge is 0.410 e. The van der Waals surface area contributed by atoms with Crippen LogP contribution in [0.4, 0.5) is 19.3 Å². The summed E-state index contributed by atoms with van der Waals surface area (Å²) in [6, 6.07) is 6.57. The van der Waals surface area contributed by atoms with Crippen LogP contribution in [-0.4, -0.2) is 72.2 Å². The van der Waals surface area contributed by atoms with Crippen LogP contribution >= 0.6 is 11.6 Å². The third-order valence-corrected chi connectivity index (χ3v) is 10.8. The minimum absolute atomic E-state index is 0.0119. The molecule has 39 heavy (non-hydrogen) atoms. The zero-order chi connectivity index (χ0) is 28.1. The summed E-state index contributed by atoms with van der Waals surface area (Å²) in [5, 5.41) is 23.9. The lowest BCUT2D eigenvalue weighted by atomic mass is 9.71. The van der Waals surface area contributed by atoms with Crippen LogP contribution < -0.4 is 5.32 Å². The van der Waals surface area contributed by atoms with Crippen LogP contribution in [-0.2, 0) is 14.6 Å². The maximum atomic E-state index is 13.7. The van der Waals surface area contributed by atoms with E-state index >= 15 is 0 Å². The minimum Gasteiger partial charge on any atom is -0.448 e. The second-order valence-corrected chi connectivity index (χ2v) is 12.9. The molecule has 1 aliphatic heterocycles. The molecule has 2 aromatic rings. The van der Waals surface area contributed by atoms with Gasteiger partial charge in [0, 0.05) is 17.3 Å². The van der Waals surface area contributed by atoms with Crippen molar-refractivity contribution >= 4 is 39.1 Å². The molecular weight excluding hydrogens is 558 g/mol. The maximum Gasteiger partial charge on any atom is 0.410 e. The van der Waals surface area contributed by atoms with E-state index in [0.717, 1.165) is 18.2 Å². The van der Waals surface area contributed by atoms with E-state index in [2.05, 4.69) is 5.32 Å². The van der Waals surface area contributed by atoms with Crippen molar-refractivity contribution in [2.75, 3.05) is 25.0 Å². The average molecular weight is 585 g/mol. The van der Waals surface area contributed by atoms with Gasteiger partial charge in [-0.25, -0.2) is 22.0 Å². The highest BCUT2D eigenvalue weighted by molar-refractivity contribution is 7.92. The molecule has 210 valence electrons. The third-order valence-electron chi connectivity index (χ3n) is 8.15. The summed E-state index contributed by atoms with van der Waals surface area (Å²) in [7, 11) is -4.07. The zero-order valence-electron chi connectivity index (χ0n) is 20.6. The maximum absolute atomic E-state index is 13.7. The Morgan fingerprint density at radius 1 is 1.15 bits per heavy atom. The highest BCUT2D eigenvalue weighted by Gasteiger charge is 2.59. The number of aliphatic hydroxyl groups excluding tert-OH is 1. The van der Waals surface area contributed by atoms with Gasteiger partial charge in [-0.1, -0.05) is 11.6 Å². The predicted molar refractivity (Wildman–Crippen MR) is 136 cm³/mol. The molecule has 3 fully saturated rings. The Kier molecular flexibility index (Phi) is 7.34. The molecule has 0 aromatic heterocycles. The molecule has 2 bridgehead atoms. The van der Waals surface area contributed by atoms with Crippen molar-refractivity contribution in [3.8, 4) is 0 Å². The lowest BCUT2D eigenvalue weighted by molar-refractivity contribution is -0.145. The standard InChI is InChI=1S/C26H27ClF2N2O7S/c27-19-5-1-14(24(33)30-17-4-6-20(28)21(29)12-17)9-22(19)39(36,37)18-10-15-2-3-16(11-18)26(15,35)23(32)13-31-7-8-38-25(31)34/h1,4-6,9,12,15-16,18,23,32,35H,2-3,7-8,10-11,13H2,(H,30,33). The number of anilines is 1. The molecule has 3 atom stereocenters. The highest BCUT2D eigenvalue weighted by atomic mass is 35.5. The Bertz CT molecular complexity index is 1410. The number of nitrogens with zero attached hydrogens (tertiary/aromatic N) is 1. The van der Waals surface area contributed by atoms with Gasteiger partial charge in [0.25, 0.3) is 5.91 Å². The number of β-amino-alcohol motifs (C(OH)–C–C–N with tert-alkyl or cyclic N) is 1. The van der Waals surface area contributed by atoms with E-state index in [1.165, 1.54) is 23.1 Å². The van der Waals surface area contributed by atoms with E-state index in [9.17, 15) is 37.0 Å². The van der Waals surface area contributed by atoms with Crippen LogP contribution in [0.1, 0.15) is 36.0 Å². The number of nitrogens with one attached hydrogen (secondary N) is 1. The van der Waals surface area contributed by atoms with Crippen molar-refractivity contribution in [2.45, 2.75) is 47.5 Å². The molecule has 13 heteroatoms. The molecule has 3 N–H and O–H groups in total. The minimum atomic E-state index is -4.07. The predicted octanol–water partition coefficient (Wildman–Crippen LogP) is 3.38. The van der Waals surface area contributed by atoms with Crippen molar-refractivity contribution in [3.63, 3.8) is 0 Å². The van der Waals surface area contributed by atoms with Gasteiger partial charge in [-0.3, -0.25) is 4.79 Å². The number of ether oxygens (including phenoxy) is 1. The summed E-state index contributed by atoms with van der Waals surface area (Å²) in [4.78, 5) is 25.6. The first-order valence-electron chi connectivity index (χ1n) is 12.5. The van der Waals surface area contributed by atoms with Crippen LogP contribution in [0, 0.1) is 23.5 Å². The van der Waals surface area contributed by atoms with Gasteiger partial charge in [-0.2, -0.15) is 0 Å². The Labute approximate surface area is 228 Å². The van der Waals surface area contributed by atoms with Gasteiger partial charge < -0.3 is 25.2 Å². The lowest BCUT2D eigenvalue weighted by Gasteiger charge is -2.45. The van der Waals surface area contributed by atoms with E-state index < -0.39 is 62.3 Å². The molecule has 0 radical (unpaired) electrons. The summed E-state index contributed by atoms with van der Waals surface area (Å²) >= 11 is 6.27. The number of halogens is 3. The van der Waals surface area contributed by atoms with Crippen molar-refractivity contribution in [1.29, 1.82) is 0 Å². The summed E-state index contributed by atoms with van der Waals surface area (Å²) in [5.74, 6) is -4.01. The second kappa shape index (κ2) is 10.3. The van der Waals surface area contributed by atoms with Crippen molar-refractivity contribution < 1.29 is 41.7 Å². The fourth-order valence-corrected chi connectivity index (χ4v) is 8.51. The first-order chi connectivity index (χ1) is 18.4. The largest absolute Gasteiger partial charge is 0.448 e. The summed E-state index contributed by atoms with van der Waals surface area (Å²) in [6.45, 7) is 0.396. The number of benzene rings is 2. The average Bonchev–Trinajstić information content (AvgIpc) is 3.33. The molecule has 0 spiro atoms. The highest BCUT2D eigenvalue weighted by Crippen LogP contribution is 2.53. The second-order valence-electron chi connectivity index (χ2n) is 10.3. The summed E-state index contributed by atoms with van der Waals surface area (Å²) in [5.41, 5.74) is -1.61. The van der Waals surface area contributed by atoms with Gasteiger partial charge in [0.2, 0.25) is 0 Å². The number of amides is 2. The van der Waals surface area contributed by atoms with E-state index in [-0.39, 0.29) is 47.2 Å². The Morgan fingerprint density at radius 2 is 1.85 bits per heavy atom. The van der Waals surface area contributed by atoms with Gasteiger partial charge in [-0.05, 0) is 67.9 Å². The van der Waals surface area contributed by atoms with Crippen molar-refractivity contribution in [1.82, 2.24) is 4.90 Å². The molecule has 1 saturated heterocycles. The van der Waals surface area contributed by atoms with E-state index in [4.69, 9.17) is 16.3 Å². The summed E-state index contributed by atoms with van der Waals surface area (Å²) in [6.07, 6.45) is -0.671. The lowest BCUT2D eigenvalue weighted by Crippen LogP contribution is -2.58. The number of rotatable bonds is 7. The van der Waals surface area contributed by atoms with E-state index in [0.29, 0.717) is 19.4 Å². The first kappa shape index (κ1) is 27.8. The molecule has 1 heterocycles. The molecule has 9 nitrogen and oxygen atoms in total. The number of cyclic esters (lactones) is 1. The van der Waals surface area contributed by atoms with Gasteiger partial charge in [0.15, 0.2) is 21.5 Å². The fraction of sp³-hybridized carbons (Fsp3) is 0.462. The molecule has 2 amide bonds. The van der Waals surface area contributed by atoms with Crippen LogP contribution in [0.15, 0.2) is 41.3 Å². The number of carbonyl (C=O) groups is 2. The zero-order valence-corrected chi connectivity index (χ0v) is 22.2. The molecule has 2 aliphatic carbocycles. The molecular formula is C26H27ClF2N2O7S. The molecule has 2 saturated carbocycles. The summed E-state index contributed by atoms with van der Waals surface area (Å²) < 4.78 is 59.1. The van der Waals surface area contributed by atoms with Crippen LogP contribution in [0.5, 0.6) is 0 Å². The Hall–Kier alpha value is -2.80. The third kappa shape index (κ3) is 4.99. The number of aliphatic hydroxyl groups is 2. The number of hydrogen-bond acceptors (Lipinski definition) is 7. The van der Waals surface area contributed by atoms with Gasteiger partial charge in [0.1, 0.15) is 12.7 Å². The Morgan fingerprint density at radius 3 is 2.46 bits per heavy atom. The van der Waals surface area contributed by atoms with E-state index in [1.807, 2.05) is 0 Å². The number of sulfone groups is 1. The van der Waals surface area contributed by atoms with Crippen LogP contribution in [0.2, 0.25) is 5.02 Å². The molecule has 3 unspecified atom stereocenters. The molecule has 3 aliphatic rings. The van der Waals surface area contributed by atoms with Crippen molar-refractivity contribution in [3.05, 3.63) is 58.6 Å². The Balaban J connectivity index is 1.34. The number of fused-ring (bicyclic) bond motifs is 2. The number of carbonyl (C=O) groups excluding carboxylic acids is 2. The van der Waals surface area contributed by atoms with Gasteiger partial charge in [0.05, 0.1) is 33.9 Å². The van der Waals surface area contributed by atoms with Crippen LogP contribution in [0.25, 0.3) is 0 Å². The van der Waals surface area contributed by atoms with Gasteiger partial charge >= 0.3 is 6.09 Å². The number of hydrogen-bond donors (Lipinski definition) is 3. The topological polar surface area (TPSA) is 133 Å². The normalized spacial score (nSPS) is 27.4. The van der Waals surface area contributed by atoms with Crippen LogP contribution in [0.3, 0.4) is 0 Å². The van der Waals surface area contributed by atoms with Crippen molar-refractivity contribution in [2.24, 2.45) is 11.8 Å². The first-order valence-corrected chi connectivity index (χ1v) is 14.5.